The molecule has 1 atom stereocenters. The van der Waals surface area contributed by atoms with Crippen LogP contribution in [0.4, 0.5) is 5.69 Å². The number of piperazine rings is 1. The minimum absolute atomic E-state index is 0.707. The van der Waals surface area contributed by atoms with Gasteiger partial charge in [0.15, 0.2) is 0 Å². The summed E-state index contributed by atoms with van der Waals surface area (Å²) in [4.78, 5) is 4.76. The average Bonchev–Trinajstić information content (AvgIpc) is 2.63. The Kier molecular flexibility index (Phi) is 6.18. The zero-order valence-electron chi connectivity index (χ0n) is 14.3. The van der Waals surface area contributed by atoms with Gasteiger partial charge < -0.3 is 19.5 Å². The number of benzene rings is 2. The number of rotatable bonds is 6. The number of aliphatic hydroxyl groups excluding tert-OH is 1. The molecular formula is C19H23BrN2O3. The fraction of sp³-hybridized carbons (Fsp3) is 0.368. The van der Waals surface area contributed by atoms with Crippen LogP contribution in [-0.2, 0) is 6.54 Å². The minimum atomic E-state index is -0.990. The van der Waals surface area contributed by atoms with E-state index in [2.05, 4.69) is 31.8 Å². The molecule has 1 aliphatic rings. The van der Waals surface area contributed by atoms with Gasteiger partial charge in [-0.15, -0.1) is 0 Å². The topological polar surface area (TPSA) is 45.2 Å². The van der Waals surface area contributed by atoms with Gasteiger partial charge in [-0.1, -0.05) is 30.3 Å². The monoisotopic (exact) mass is 406 g/mol. The molecule has 1 N–H and O–H groups in total. The van der Waals surface area contributed by atoms with Crippen molar-refractivity contribution in [3.05, 3.63) is 54.1 Å². The first-order valence-electron chi connectivity index (χ1n) is 8.34. The fourth-order valence-corrected chi connectivity index (χ4v) is 3.33. The van der Waals surface area contributed by atoms with Crippen molar-refractivity contribution in [1.82, 2.24) is 4.90 Å². The number of ether oxygens (including phenoxy) is 2. The number of nitrogens with zero attached hydrogens (tertiary/aromatic N) is 2. The molecule has 1 fully saturated rings. The number of alkyl halides is 1. The maximum Gasteiger partial charge on any atom is 0.255 e. The van der Waals surface area contributed by atoms with E-state index < -0.39 is 5.20 Å². The van der Waals surface area contributed by atoms with Crippen molar-refractivity contribution in [3.8, 4) is 11.5 Å². The van der Waals surface area contributed by atoms with E-state index in [1.807, 2.05) is 42.5 Å². The molecule has 1 unspecified atom stereocenters. The van der Waals surface area contributed by atoms with E-state index in [1.54, 1.807) is 7.11 Å². The molecule has 0 bridgehead atoms. The number of hydrogen-bond donors (Lipinski definition) is 1. The summed E-state index contributed by atoms with van der Waals surface area (Å²) in [5.74, 6) is 1.63. The van der Waals surface area contributed by atoms with Gasteiger partial charge in [0.2, 0.25) is 0 Å². The van der Waals surface area contributed by atoms with Gasteiger partial charge in [-0.2, -0.15) is 0 Å². The minimum Gasteiger partial charge on any atom is -0.495 e. The highest BCUT2D eigenvalue weighted by molar-refractivity contribution is 9.09. The SMILES string of the molecule is COc1ccccc1N1CCN(Cc2ccccc2OC(O)Br)CC1. The van der Waals surface area contributed by atoms with Crippen molar-refractivity contribution < 1.29 is 14.6 Å². The normalized spacial score (nSPS) is 16.5. The van der Waals surface area contributed by atoms with Crippen molar-refractivity contribution in [3.63, 3.8) is 0 Å². The maximum atomic E-state index is 9.41. The van der Waals surface area contributed by atoms with E-state index in [0.29, 0.717) is 5.75 Å². The molecule has 0 saturated carbocycles. The first kappa shape index (κ1) is 18.0. The van der Waals surface area contributed by atoms with Gasteiger partial charge in [0, 0.05) is 38.3 Å². The zero-order valence-corrected chi connectivity index (χ0v) is 15.9. The van der Waals surface area contributed by atoms with E-state index in [0.717, 1.165) is 49.7 Å². The van der Waals surface area contributed by atoms with Crippen LogP contribution in [0.25, 0.3) is 0 Å². The molecule has 0 radical (unpaired) electrons. The Morgan fingerprint density at radius 2 is 1.64 bits per heavy atom. The highest BCUT2D eigenvalue weighted by Crippen LogP contribution is 2.29. The van der Waals surface area contributed by atoms with Crippen LogP contribution < -0.4 is 14.4 Å². The summed E-state index contributed by atoms with van der Waals surface area (Å²) < 4.78 is 10.9. The molecule has 0 aliphatic carbocycles. The van der Waals surface area contributed by atoms with Crippen molar-refractivity contribution >= 4 is 21.6 Å². The Labute approximate surface area is 156 Å². The zero-order chi connectivity index (χ0) is 17.6. The van der Waals surface area contributed by atoms with E-state index in [4.69, 9.17) is 9.47 Å². The lowest BCUT2D eigenvalue weighted by molar-refractivity contribution is 0.0672. The molecule has 0 aromatic heterocycles. The van der Waals surface area contributed by atoms with Gasteiger partial charge in [0.25, 0.3) is 5.20 Å². The second-order valence-corrected chi connectivity index (χ2v) is 6.74. The van der Waals surface area contributed by atoms with E-state index in [1.165, 1.54) is 0 Å². The largest absolute Gasteiger partial charge is 0.495 e. The summed E-state index contributed by atoms with van der Waals surface area (Å²) in [6.07, 6.45) is 0. The van der Waals surface area contributed by atoms with Crippen LogP contribution in [-0.4, -0.2) is 48.5 Å². The molecule has 1 saturated heterocycles. The van der Waals surface area contributed by atoms with Crippen LogP contribution in [0.2, 0.25) is 0 Å². The Bertz CT molecular complexity index is 688. The van der Waals surface area contributed by atoms with Crippen LogP contribution in [0.5, 0.6) is 11.5 Å². The van der Waals surface area contributed by atoms with Crippen LogP contribution in [0, 0.1) is 0 Å². The summed E-state index contributed by atoms with van der Waals surface area (Å²) in [7, 11) is 1.71. The highest BCUT2D eigenvalue weighted by Gasteiger charge is 2.20. The van der Waals surface area contributed by atoms with E-state index >= 15 is 0 Å². The molecule has 1 heterocycles. The Morgan fingerprint density at radius 1 is 1.00 bits per heavy atom. The summed E-state index contributed by atoms with van der Waals surface area (Å²) >= 11 is 3.02. The standard InChI is InChI=1S/C19H23BrN2O3/c1-24-18-9-5-3-7-16(18)22-12-10-21(11-13-22)14-15-6-2-4-8-17(15)25-19(20)23/h2-9,19,23H,10-14H2,1H3. The van der Waals surface area contributed by atoms with E-state index in [-0.39, 0.29) is 0 Å². The summed E-state index contributed by atoms with van der Waals surface area (Å²) in [5, 5.41) is 8.42. The van der Waals surface area contributed by atoms with Crippen molar-refractivity contribution in [2.45, 2.75) is 11.7 Å². The van der Waals surface area contributed by atoms with Gasteiger partial charge in [-0.05, 0) is 34.1 Å². The van der Waals surface area contributed by atoms with Crippen LogP contribution in [0.15, 0.2) is 48.5 Å². The van der Waals surface area contributed by atoms with Gasteiger partial charge in [0.1, 0.15) is 11.5 Å². The maximum absolute atomic E-state index is 9.41. The van der Waals surface area contributed by atoms with Gasteiger partial charge in [-0.3, -0.25) is 4.90 Å². The Hall–Kier alpha value is -1.76. The number of hydrogen-bond acceptors (Lipinski definition) is 5. The molecule has 1 aliphatic heterocycles. The molecule has 2 aromatic rings. The van der Waals surface area contributed by atoms with Crippen molar-refractivity contribution in [2.24, 2.45) is 0 Å². The summed E-state index contributed by atoms with van der Waals surface area (Å²) in [6, 6.07) is 16.0. The van der Waals surface area contributed by atoms with Crippen molar-refractivity contribution in [2.75, 3.05) is 38.2 Å². The van der Waals surface area contributed by atoms with E-state index in [9.17, 15) is 5.11 Å². The predicted molar refractivity (Wildman–Crippen MR) is 102 cm³/mol. The summed E-state index contributed by atoms with van der Waals surface area (Å²) in [6.45, 7) is 4.62. The predicted octanol–water partition coefficient (Wildman–Crippen LogP) is 3.07. The highest BCUT2D eigenvalue weighted by atomic mass is 79.9. The molecular weight excluding hydrogens is 384 g/mol. The third-order valence-corrected chi connectivity index (χ3v) is 4.58. The molecule has 25 heavy (non-hydrogen) atoms. The lowest BCUT2D eigenvalue weighted by atomic mass is 10.1. The molecule has 3 rings (SSSR count). The Balaban J connectivity index is 1.62. The molecule has 0 spiro atoms. The van der Waals surface area contributed by atoms with Crippen LogP contribution >= 0.6 is 15.9 Å². The summed E-state index contributed by atoms with van der Waals surface area (Å²) in [5.41, 5.74) is 2.22. The lowest BCUT2D eigenvalue weighted by Crippen LogP contribution is -2.46. The first-order valence-corrected chi connectivity index (χ1v) is 9.26. The van der Waals surface area contributed by atoms with Gasteiger partial charge in [0.05, 0.1) is 12.8 Å². The van der Waals surface area contributed by atoms with Crippen LogP contribution in [0.1, 0.15) is 5.56 Å². The second kappa shape index (κ2) is 8.56. The number of para-hydroxylation sites is 3. The molecule has 2 aromatic carbocycles. The smallest absolute Gasteiger partial charge is 0.255 e. The Morgan fingerprint density at radius 3 is 2.32 bits per heavy atom. The third-order valence-electron chi connectivity index (χ3n) is 4.39. The molecule has 0 amide bonds. The third kappa shape index (κ3) is 4.66. The van der Waals surface area contributed by atoms with Gasteiger partial charge in [-0.25, -0.2) is 0 Å². The number of halogens is 1. The fourth-order valence-electron chi connectivity index (χ4n) is 3.13. The molecule has 134 valence electrons. The van der Waals surface area contributed by atoms with Crippen LogP contribution in [0.3, 0.4) is 0 Å². The quantitative estimate of drug-likeness (QED) is 0.589. The van der Waals surface area contributed by atoms with Gasteiger partial charge >= 0.3 is 0 Å². The number of aliphatic hydroxyl groups is 1. The number of methoxy groups -OCH3 is 1. The second-order valence-electron chi connectivity index (χ2n) is 5.95. The molecule has 6 heteroatoms. The average molecular weight is 407 g/mol. The lowest BCUT2D eigenvalue weighted by Gasteiger charge is -2.36. The first-order chi connectivity index (χ1) is 12.2. The number of anilines is 1. The molecule has 5 nitrogen and oxygen atoms in total. The van der Waals surface area contributed by atoms with Crippen molar-refractivity contribution in [1.29, 1.82) is 0 Å².